The zero-order valence-corrected chi connectivity index (χ0v) is 20.4. The summed E-state index contributed by atoms with van der Waals surface area (Å²) in [5.74, 6) is -3.13. The number of alkyl halides is 3. The standard InChI is InChI=1S/C27H20ClF3O6/c1-3-16-4-8-19(9-5-16)35-24-23(32)21-13-12-20(14-22(21)37-25(24)27(29,30)31)36-26(33)15(2)34-18-10-6-17(28)7-11-18/h4-15H,3H2,1-2H3. The number of carbonyl (C=O) groups is 1. The molecular formula is C27H20ClF3O6. The van der Waals surface area contributed by atoms with Crippen LogP contribution < -0.4 is 19.6 Å². The molecular weight excluding hydrogens is 513 g/mol. The van der Waals surface area contributed by atoms with Gasteiger partial charge in [0.1, 0.15) is 22.8 Å². The van der Waals surface area contributed by atoms with Crippen molar-refractivity contribution in [2.45, 2.75) is 32.5 Å². The summed E-state index contributed by atoms with van der Waals surface area (Å²) in [4.78, 5) is 25.4. The molecule has 0 saturated heterocycles. The van der Waals surface area contributed by atoms with Crippen molar-refractivity contribution in [3.05, 3.63) is 93.3 Å². The highest BCUT2D eigenvalue weighted by molar-refractivity contribution is 6.30. The van der Waals surface area contributed by atoms with Gasteiger partial charge in [0.25, 0.3) is 5.76 Å². The van der Waals surface area contributed by atoms with E-state index in [-0.39, 0.29) is 16.9 Å². The van der Waals surface area contributed by atoms with Crippen LogP contribution in [0.15, 0.2) is 75.9 Å². The normalized spacial score (nSPS) is 12.3. The molecule has 0 saturated carbocycles. The quantitative estimate of drug-likeness (QED) is 0.185. The second-order valence-electron chi connectivity index (χ2n) is 7.98. The van der Waals surface area contributed by atoms with Crippen LogP contribution >= 0.6 is 11.6 Å². The van der Waals surface area contributed by atoms with Crippen LogP contribution in [0.2, 0.25) is 5.02 Å². The van der Waals surface area contributed by atoms with Gasteiger partial charge in [0.2, 0.25) is 11.2 Å². The molecule has 0 aliphatic carbocycles. The van der Waals surface area contributed by atoms with Gasteiger partial charge in [0, 0.05) is 11.1 Å². The van der Waals surface area contributed by atoms with Gasteiger partial charge in [-0.1, -0.05) is 30.7 Å². The molecule has 10 heteroatoms. The minimum atomic E-state index is -5.03. The fraction of sp³-hybridized carbons (Fsp3) is 0.185. The van der Waals surface area contributed by atoms with Gasteiger partial charge in [-0.05, 0) is 67.4 Å². The lowest BCUT2D eigenvalue weighted by Crippen LogP contribution is -2.28. The summed E-state index contributed by atoms with van der Waals surface area (Å²) in [5, 5.41) is 0.305. The molecule has 6 nitrogen and oxygen atoms in total. The van der Waals surface area contributed by atoms with Crippen LogP contribution in [0.25, 0.3) is 11.0 Å². The van der Waals surface area contributed by atoms with E-state index in [1.165, 1.54) is 31.2 Å². The molecule has 37 heavy (non-hydrogen) atoms. The molecule has 1 heterocycles. The number of rotatable bonds is 7. The van der Waals surface area contributed by atoms with Crippen LogP contribution in [0.1, 0.15) is 25.2 Å². The molecule has 0 amide bonds. The van der Waals surface area contributed by atoms with E-state index in [4.69, 9.17) is 30.2 Å². The van der Waals surface area contributed by atoms with Crippen molar-refractivity contribution in [3.8, 4) is 23.0 Å². The Morgan fingerprint density at radius 1 is 0.973 bits per heavy atom. The molecule has 0 aliphatic heterocycles. The Morgan fingerprint density at radius 3 is 2.22 bits per heavy atom. The lowest BCUT2D eigenvalue weighted by atomic mass is 10.1. The molecule has 0 N–H and O–H groups in total. The molecule has 0 bridgehead atoms. The van der Waals surface area contributed by atoms with Gasteiger partial charge in [-0.25, -0.2) is 4.79 Å². The average molecular weight is 533 g/mol. The van der Waals surface area contributed by atoms with Crippen molar-refractivity contribution in [1.82, 2.24) is 0 Å². The average Bonchev–Trinajstić information content (AvgIpc) is 2.86. The second-order valence-corrected chi connectivity index (χ2v) is 8.42. The van der Waals surface area contributed by atoms with Gasteiger partial charge in [-0.2, -0.15) is 13.2 Å². The number of benzene rings is 3. The molecule has 4 aromatic rings. The number of halogens is 4. The lowest BCUT2D eigenvalue weighted by Gasteiger charge is -2.15. The maximum absolute atomic E-state index is 13.8. The van der Waals surface area contributed by atoms with E-state index >= 15 is 0 Å². The van der Waals surface area contributed by atoms with E-state index in [1.54, 1.807) is 36.4 Å². The minimum Gasteiger partial charge on any atom is -0.479 e. The maximum atomic E-state index is 13.8. The van der Waals surface area contributed by atoms with E-state index in [2.05, 4.69) is 0 Å². The van der Waals surface area contributed by atoms with Gasteiger partial charge in [0.15, 0.2) is 6.10 Å². The monoisotopic (exact) mass is 532 g/mol. The summed E-state index contributed by atoms with van der Waals surface area (Å²) < 4.78 is 62.5. The number of hydrogen-bond acceptors (Lipinski definition) is 6. The molecule has 1 unspecified atom stereocenters. The van der Waals surface area contributed by atoms with Gasteiger partial charge in [-0.3, -0.25) is 4.79 Å². The number of esters is 1. The van der Waals surface area contributed by atoms with Gasteiger partial charge in [-0.15, -0.1) is 0 Å². The highest BCUT2D eigenvalue weighted by Crippen LogP contribution is 2.38. The van der Waals surface area contributed by atoms with Crippen LogP contribution in [0, 0.1) is 0 Å². The van der Waals surface area contributed by atoms with Crippen molar-refractivity contribution in [2.24, 2.45) is 0 Å². The van der Waals surface area contributed by atoms with Crippen molar-refractivity contribution >= 4 is 28.5 Å². The minimum absolute atomic E-state index is 0.0505. The Balaban J connectivity index is 1.62. The molecule has 192 valence electrons. The summed E-state index contributed by atoms with van der Waals surface area (Å²) in [7, 11) is 0. The first kappa shape index (κ1) is 26.1. The van der Waals surface area contributed by atoms with Crippen LogP contribution in [0.5, 0.6) is 23.0 Å². The maximum Gasteiger partial charge on any atom is 0.453 e. The fourth-order valence-corrected chi connectivity index (χ4v) is 3.50. The molecule has 1 atom stereocenters. The SMILES string of the molecule is CCc1ccc(Oc2c(C(F)(F)F)oc3cc(OC(=O)C(C)Oc4ccc(Cl)cc4)ccc3c2=O)cc1. The number of fused-ring (bicyclic) bond motifs is 1. The number of aryl methyl sites for hydroxylation is 1. The van der Waals surface area contributed by atoms with E-state index < -0.39 is 40.8 Å². The van der Waals surface area contributed by atoms with E-state index in [9.17, 15) is 22.8 Å². The smallest absolute Gasteiger partial charge is 0.453 e. The third-order valence-electron chi connectivity index (χ3n) is 5.31. The van der Waals surface area contributed by atoms with Crippen LogP contribution in [0.3, 0.4) is 0 Å². The zero-order valence-electron chi connectivity index (χ0n) is 19.6. The fourth-order valence-electron chi connectivity index (χ4n) is 3.37. The van der Waals surface area contributed by atoms with E-state index in [0.717, 1.165) is 18.1 Å². The number of carbonyl (C=O) groups excluding carboxylic acids is 1. The zero-order chi connectivity index (χ0) is 26.7. The molecule has 0 fully saturated rings. The van der Waals surface area contributed by atoms with Crippen LogP contribution in [-0.2, 0) is 17.4 Å². The number of hydrogen-bond donors (Lipinski definition) is 0. The van der Waals surface area contributed by atoms with Crippen molar-refractivity contribution in [2.75, 3.05) is 0 Å². The highest BCUT2D eigenvalue weighted by Gasteiger charge is 2.40. The van der Waals surface area contributed by atoms with Gasteiger partial charge in [0.05, 0.1) is 5.39 Å². The highest BCUT2D eigenvalue weighted by atomic mass is 35.5. The Hall–Kier alpha value is -3.98. The Morgan fingerprint density at radius 2 is 1.59 bits per heavy atom. The van der Waals surface area contributed by atoms with Crippen molar-refractivity contribution in [3.63, 3.8) is 0 Å². The first-order chi connectivity index (χ1) is 17.5. The Bertz CT molecular complexity index is 1480. The third kappa shape index (κ3) is 6.06. The molecule has 4 rings (SSSR count). The van der Waals surface area contributed by atoms with Gasteiger partial charge >= 0.3 is 12.1 Å². The van der Waals surface area contributed by atoms with Gasteiger partial charge < -0.3 is 18.6 Å². The summed E-state index contributed by atoms with van der Waals surface area (Å²) in [6, 6.07) is 16.1. The molecule has 0 spiro atoms. The molecule has 1 aromatic heterocycles. The van der Waals surface area contributed by atoms with E-state index in [0.29, 0.717) is 10.8 Å². The third-order valence-corrected chi connectivity index (χ3v) is 5.56. The Labute approximate surface area is 214 Å². The molecule has 0 radical (unpaired) electrons. The topological polar surface area (TPSA) is 75.0 Å². The van der Waals surface area contributed by atoms with Crippen molar-refractivity contribution in [1.29, 1.82) is 0 Å². The molecule has 0 aliphatic rings. The molecule has 3 aromatic carbocycles. The summed E-state index contributed by atoms with van der Waals surface area (Å²) >= 11 is 5.82. The second kappa shape index (κ2) is 10.6. The van der Waals surface area contributed by atoms with Crippen LogP contribution in [-0.4, -0.2) is 12.1 Å². The van der Waals surface area contributed by atoms with Crippen LogP contribution in [0.4, 0.5) is 13.2 Å². The summed E-state index contributed by atoms with van der Waals surface area (Å²) in [6.45, 7) is 3.37. The Kier molecular flexibility index (Phi) is 7.45. The lowest BCUT2D eigenvalue weighted by molar-refractivity contribution is -0.154. The van der Waals surface area contributed by atoms with E-state index in [1.807, 2.05) is 6.92 Å². The number of ether oxygens (including phenoxy) is 3. The predicted octanol–water partition coefficient (Wildman–Crippen LogP) is 7.19. The van der Waals surface area contributed by atoms with Crippen molar-refractivity contribution < 1.29 is 36.6 Å². The first-order valence-corrected chi connectivity index (χ1v) is 11.5. The largest absolute Gasteiger partial charge is 0.479 e. The summed E-state index contributed by atoms with van der Waals surface area (Å²) in [6.07, 6.45) is -5.35. The summed E-state index contributed by atoms with van der Waals surface area (Å²) in [5.41, 5.74) is -0.503. The predicted molar refractivity (Wildman–Crippen MR) is 131 cm³/mol. The first-order valence-electron chi connectivity index (χ1n) is 11.1.